The largest absolute Gasteiger partial charge is 0.380 e. The average Bonchev–Trinajstić information content (AvgIpc) is 2.19. The number of pyridine rings is 1. The molecule has 0 aliphatic carbocycles. The highest BCUT2D eigenvalue weighted by molar-refractivity contribution is 6.33. The molecule has 0 aliphatic rings. The van der Waals surface area contributed by atoms with Crippen molar-refractivity contribution in [2.24, 2.45) is 11.1 Å². The number of halogens is 1. The van der Waals surface area contributed by atoms with Gasteiger partial charge in [0.1, 0.15) is 0 Å². The Morgan fingerprint density at radius 2 is 2.19 bits per heavy atom. The number of hydrogen-bond donors (Lipinski definition) is 2. The van der Waals surface area contributed by atoms with Crippen LogP contribution in [-0.4, -0.2) is 17.6 Å². The van der Waals surface area contributed by atoms with Crippen LogP contribution in [0.15, 0.2) is 18.5 Å². The Labute approximate surface area is 102 Å². The van der Waals surface area contributed by atoms with E-state index in [4.69, 9.17) is 17.3 Å². The summed E-state index contributed by atoms with van der Waals surface area (Å²) in [6.45, 7) is 7.23. The van der Waals surface area contributed by atoms with Crippen molar-refractivity contribution in [1.29, 1.82) is 0 Å². The fraction of sp³-hybridized carbons (Fsp3) is 0.583. The first-order chi connectivity index (χ1) is 7.45. The van der Waals surface area contributed by atoms with Crippen LogP contribution in [0.1, 0.15) is 27.2 Å². The minimum absolute atomic E-state index is 0.145. The van der Waals surface area contributed by atoms with Gasteiger partial charge in [-0.2, -0.15) is 0 Å². The van der Waals surface area contributed by atoms with Crippen LogP contribution in [0.3, 0.4) is 0 Å². The fourth-order valence-electron chi connectivity index (χ4n) is 1.57. The summed E-state index contributed by atoms with van der Waals surface area (Å²) in [5.74, 6) is 0. The summed E-state index contributed by atoms with van der Waals surface area (Å²) in [5, 5.41) is 4.08. The van der Waals surface area contributed by atoms with E-state index in [1.807, 2.05) is 6.07 Å². The van der Waals surface area contributed by atoms with Crippen LogP contribution >= 0.6 is 11.6 Å². The second-order valence-electron chi connectivity index (χ2n) is 5.00. The summed E-state index contributed by atoms with van der Waals surface area (Å²) in [4.78, 5) is 3.96. The van der Waals surface area contributed by atoms with Crippen LogP contribution in [0, 0.1) is 5.41 Å². The number of nitrogens with two attached hydrogens (primary N) is 1. The molecule has 0 radical (unpaired) electrons. The molecular formula is C12H20ClN3. The van der Waals surface area contributed by atoms with Crippen LogP contribution < -0.4 is 11.1 Å². The van der Waals surface area contributed by atoms with E-state index < -0.39 is 0 Å². The highest BCUT2D eigenvalue weighted by Gasteiger charge is 2.24. The van der Waals surface area contributed by atoms with E-state index in [1.165, 1.54) is 0 Å². The molecule has 1 aromatic heterocycles. The van der Waals surface area contributed by atoms with E-state index in [9.17, 15) is 0 Å². The molecule has 1 aromatic rings. The van der Waals surface area contributed by atoms with Gasteiger partial charge in [0.25, 0.3) is 0 Å². The lowest BCUT2D eigenvalue weighted by molar-refractivity contribution is 0.329. The minimum Gasteiger partial charge on any atom is -0.380 e. The van der Waals surface area contributed by atoms with E-state index >= 15 is 0 Å². The molecule has 0 spiro atoms. The van der Waals surface area contributed by atoms with Crippen molar-refractivity contribution in [2.45, 2.75) is 33.2 Å². The molecule has 0 aromatic carbocycles. The molecule has 0 saturated carbocycles. The van der Waals surface area contributed by atoms with Crippen molar-refractivity contribution >= 4 is 17.3 Å². The molecule has 16 heavy (non-hydrogen) atoms. The molecule has 1 unspecified atom stereocenters. The van der Waals surface area contributed by atoms with E-state index in [0.29, 0.717) is 17.6 Å². The van der Waals surface area contributed by atoms with Gasteiger partial charge in [-0.1, -0.05) is 32.4 Å². The second kappa shape index (κ2) is 5.51. The summed E-state index contributed by atoms with van der Waals surface area (Å²) in [6.07, 6.45) is 4.30. The Bertz CT molecular complexity index is 333. The van der Waals surface area contributed by atoms with Crippen molar-refractivity contribution in [3.63, 3.8) is 0 Å². The first-order valence-corrected chi connectivity index (χ1v) is 5.89. The Morgan fingerprint density at radius 1 is 1.50 bits per heavy atom. The van der Waals surface area contributed by atoms with E-state index in [2.05, 4.69) is 31.1 Å². The molecule has 0 saturated heterocycles. The van der Waals surface area contributed by atoms with Crippen LogP contribution in [0.2, 0.25) is 5.02 Å². The number of hydrogen-bond acceptors (Lipinski definition) is 3. The van der Waals surface area contributed by atoms with Gasteiger partial charge in [0.05, 0.1) is 10.7 Å². The highest BCUT2D eigenvalue weighted by Crippen LogP contribution is 2.28. The lowest BCUT2D eigenvalue weighted by Gasteiger charge is -2.32. The van der Waals surface area contributed by atoms with Gasteiger partial charge >= 0.3 is 0 Å². The van der Waals surface area contributed by atoms with Crippen molar-refractivity contribution in [1.82, 2.24) is 4.98 Å². The maximum atomic E-state index is 6.06. The summed E-state index contributed by atoms with van der Waals surface area (Å²) >= 11 is 6.06. The fourth-order valence-corrected chi connectivity index (χ4v) is 1.74. The molecule has 1 heterocycles. The van der Waals surface area contributed by atoms with Gasteiger partial charge in [-0.05, 0) is 24.4 Å². The topological polar surface area (TPSA) is 50.9 Å². The monoisotopic (exact) mass is 241 g/mol. The summed E-state index contributed by atoms with van der Waals surface area (Å²) < 4.78 is 0. The number of nitrogens with one attached hydrogen (secondary N) is 1. The molecule has 0 aliphatic heterocycles. The molecule has 3 N–H and O–H groups in total. The zero-order chi connectivity index (χ0) is 12.2. The van der Waals surface area contributed by atoms with Gasteiger partial charge in [0.15, 0.2) is 0 Å². The second-order valence-corrected chi connectivity index (χ2v) is 5.40. The molecule has 4 heteroatoms. The van der Waals surface area contributed by atoms with Crippen molar-refractivity contribution in [2.75, 3.05) is 11.9 Å². The van der Waals surface area contributed by atoms with Gasteiger partial charge in [-0.3, -0.25) is 4.98 Å². The normalized spacial score (nSPS) is 13.6. The smallest absolute Gasteiger partial charge is 0.0820 e. The summed E-state index contributed by atoms with van der Waals surface area (Å²) in [7, 11) is 0. The van der Waals surface area contributed by atoms with E-state index in [0.717, 1.165) is 12.1 Å². The van der Waals surface area contributed by atoms with E-state index in [1.54, 1.807) is 12.4 Å². The van der Waals surface area contributed by atoms with Crippen molar-refractivity contribution < 1.29 is 0 Å². The van der Waals surface area contributed by atoms with Crippen LogP contribution in [-0.2, 0) is 0 Å². The van der Waals surface area contributed by atoms with Crippen LogP contribution in [0.5, 0.6) is 0 Å². The molecule has 1 rings (SSSR count). The van der Waals surface area contributed by atoms with Crippen molar-refractivity contribution in [3.05, 3.63) is 23.5 Å². The van der Waals surface area contributed by atoms with Gasteiger partial charge in [-0.15, -0.1) is 0 Å². The predicted molar refractivity (Wildman–Crippen MR) is 69.8 cm³/mol. The Hall–Kier alpha value is -0.800. The van der Waals surface area contributed by atoms with Crippen LogP contribution in [0.25, 0.3) is 0 Å². The summed E-state index contributed by atoms with van der Waals surface area (Å²) in [6, 6.07) is 2.19. The number of aromatic nitrogens is 1. The molecule has 3 nitrogen and oxygen atoms in total. The first kappa shape index (κ1) is 13.3. The maximum Gasteiger partial charge on any atom is 0.0820 e. The van der Waals surface area contributed by atoms with Crippen LogP contribution in [0.4, 0.5) is 5.69 Å². The minimum atomic E-state index is 0.145. The Morgan fingerprint density at radius 3 is 2.69 bits per heavy atom. The third kappa shape index (κ3) is 3.65. The van der Waals surface area contributed by atoms with Crippen molar-refractivity contribution in [3.8, 4) is 0 Å². The van der Waals surface area contributed by atoms with Gasteiger partial charge < -0.3 is 11.1 Å². The predicted octanol–water partition coefficient (Wildman–Crippen LogP) is 2.91. The molecule has 0 amide bonds. The SMILES string of the molecule is CC(C)(C)C(CCN)Nc1ccncc1Cl. The number of rotatable bonds is 4. The third-order valence-electron chi connectivity index (χ3n) is 2.60. The maximum absolute atomic E-state index is 6.06. The first-order valence-electron chi connectivity index (χ1n) is 5.51. The molecular weight excluding hydrogens is 222 g/mol. The molecule has 1 atom stereocenters. The van der Waals surface area contributed by atoms with E-state index in [-0.39, 0.29) is 5.41 Å². The highest BCUT2D eigenvalue weighted by atomic mass is 35.5. The Balaban J connectivity index is 2.80. The number of nitrogens with zero attached hydrogens (tertiary/aromatic N) is 1. The average molecular weight is 242 g/mol. The molecule has 90 valence electrons. The van der Waals surface area contributed by atoms with Gasteiger partial charge in [0.2, 0.25) is 0 Å². The standard InChI is InChI=1S/C12H20ClN3/c1-12(2,3)11(4-6-14)16-10-5-7-15-8-9(10)13/h5,7-8,11H,4,6,14H2,1-3H3,(H,15,16). The number of anilines is 1. The lowest BCUT2D eigenvalue weighted by atomic mass is 9.84. The molecule has 0 bridgehead atoms. The third-order valence-corrected chi connectivity index (χ3v) is 2.90. The molecule has 0 fully saturated rings. The lowest BCUT2D eigenvalue weighted by Crippen LogP contribution is -2.36. The zero-order valence-electron chi connectivity index (χ0n) is 10.1. The summed E-state index contributed by atoms with van der Waals surface area (Å²) in [5.41, 5.74) is 6.70. The zero-order valence-corrected chi connectivity index (χ0v) is 10.9. The Kier molecular flexibility index (Phi) is 4.56. The van der Waals surface area contributed by atoms with Gasteiger partial charge in [0, 0.05) is 18.4 Å². The quantitative estimate of drug-likeness (QED) is 0.852. The van der Waals surface area contributed by atoms with Gasteiger partial charge in [-0.25, -0.2) is 0 Å².